The smallest absolute Gasteiger partial charge is 0.0666 e. The second kappa shape index (κ2) is 4.97. The molecule has 0 fully saturated rings. The van der Waals surface area contributed by atoms with Gasteiger partial charge in [0.25, 0.3) is 0 Å². The highest BCUT2D eigenvalue weighted by atomic mass is 32.2. The molecule has 0 unspecified atom stereocenters. The zero-order chi connectivity index (χ0) is 6.41. The predicted molar refractivity (Wildman–Crippen MR) is 37.9 cm³/mol. The van der Waals surface area contributed by atoms with Gasteiger partial charge in [-0.1, -0.05) is 12.1 Å². The second-order valence-corrected chi connectivity index (χ2v) is 2.32. The minimum Gasteiger partial charge on any atom is -0.411 e. The van der Waals surface area contributed by atoms with Crippen LogP contribution in [0.5, 0.6) is 0 Å². The summed E-state index contributed by atoms with van der Waals surface area (Å²) in [4.78, 5) is 0. The third kappa shape index (κ3) is 2.91. The third-order valence-electron chi connectivity index (χ3n) is 0.860. The largest absolute Gasteiger partial charge is 0.411 e. The van der Waals surface area contributed by atoms with E-state index in [0.29, 0.717) is 0 Å². The molecule has 0 rings (SSSR count). The van der Waals surface area contributed by atoms with Crippen LogP contribution in [0.4, 0.5) is 0 Å². The molecule has 48 valence electrons. The fourth-order valence-electron chi connectivity index (χ4n) is 0.368. The molecule has 0 aromatic rings. The van der Waals surface area contributed by atoms with Crippen LogP contribution in [-0.2, 0) is 0 Å². The maximum atomic E-state index is 8.23. The molecule has 0 aliphatic heterocycles. The van der Waals surface area contributed by atoms with E-state index in [4.69, 9.17) is 5.21 Å². The Morgan fingerprint density at radius 2 is 2.38 bits per heavy atom. The Labute approximate surface area is 54.0 Å². The van der Waals surface area contributed by atoms with Gasteiger partial charge < -0.3 is 5.21 Å². The van der Waals surface area contributed by atoms with Crippen molar-refractivity contribution in [3.05, 3.63) is 0 Å². The summed E-state index contributed by atoms with van der Waals surface area (Å²) in [6.07, 6.45) is 2.83. The Bertz CT molecular complexity index is 82.5. The van der Waals surface area contributed by atoms with Gasteiger partial charge in [0.2, 0.25) is 0 Å². The number of hydrogen-bond acceptors (Lipinski definition) is 3. The van der Waals surface area contributed by atoms with Crippen LogP contribution >= 0.6 is 11.8 Å². The molecule has 0 aliphatic rings. The van der Waals surface area contributed by atoms with Gasteiger partial charge in [-0.2, -0.15) is 11.8 Å². The molecule has 0 bridgehead atoms. The van der Waals surface area contributed by atoms with Crippen molar-refractivity contribution in [3.8, 4) is 0 Å². The first-order valence-electron chi connectivity index (χ1n) is 2.53. The molecular formula is C5H11NOS. The topological polar surface area (TPSA) is 32.6 Å². The minimum absolute atomic E-state index is 0.840. The number of rotatable bonds is 3. The van der Waals surface area contributed by atoms with Gasteiger partial charge >= 0.3 is 0 Å². The van der Waals surface area contributed by atoms with Crippen molar-refractivity contribution in [3.63, 3.8) is 0 Å². The van der Waals surface area contributed by atoms with E-state index in [9.17, 15) is 0 Å². The van der Waals surface area contributed by atoms with Crippen LogP contribution in [0.2, 0.25) is 0 Å². The lowest BCUT2D eigenvalue weighted by molar-refractivity contribution is 0.317. The average molecular weight is 133 g/mol. The van der Waals surface area contributed by atoms with Gasteiger partial charge in [0.05, 0.1) is 5.71 Å². The van der Waals surface area contributed by atoms with E-state index in [1.165, 1.54) is 0 Å². The maximum Gasteiger partial charge on any atom is 0.0666 e. The lowest BCUT2D eigenvalue weighted by Crippen LogP contribution is -1.98. The summed E-state index contributed by atoms with van der Waals surface area (Å²) in [5.74, 6) is 0.840. The Hall–Kier alpha value is -0.180. The molecule has 2 nitrogen and oxygen atoms in total. The highest BCUT2D eigenvalue weighted by Gasteiger charge is 1.91. The highest BCUT2D eigenvalue weighted by molar-refractivity contribution is 7.99. The molecule has 0 saturated heterocycles. The van der Waals surface area contributed by atoms with Gasteiger partial charge in [0.15, 0.2) is 0 Å². The van der Waals surface area contributed by atoms with Crippen LogP contribution in [0, 0.1) is 0 Å². The average Bonchev–Trinajstić information content (AvgIpc) is 1.83. The van der Waals surface area contributed by atoms with Crippen molar-refractivity contribution in [2.75, 3.05) is 12.0 Å². The predicted octanol–water partition coefficient (Wildman–Crippen LogP) is 1.59. The zero-order valence-corrected chi connectivity index (χ0v) is 6.03. The normalized spacial score (nSPS) is 12.0. The molecule has 0 aromatic heterocycles. The van der Waals surface area contributed by atoms with E-state index in [0.717, 1.165) is 17.9 Å². The van der Waals surface area contributed by atoms with Crippen LogP contribution < -0.4 is 0 Å². The molecular weight excluding hydrogens is 122 g/mol. The fraction of sp³-hybridized carbons (Fsp3) is 0.800. The molecule has 1 N–H and O–H groups in total. The lowest BCUT2D eigenvalue weighted by atomic mass is 10.3. The highest BCUT2D eigenvalue weighted by Crippen LogP contribution is 1.95. The van der Waals surface area contributed by atoms with E-state index >= 15 is 0 Å². The molecule has 0 aromatic carbocycles. The zero-order valence-electron chi connectivity index (χ0n) is 5.22. The summed E-state index contributed by atoms with van der Waals surface area (Å²) in [6, 6.07) is 0. The molecule has 0 radical (unpaired) electrons. The summed E-state index contributed by atoms with van der Waals surface area (Å²) in [5, 5.41) is 11.3. The minimum atomic E-state index is 0.840. The van der Waals surface area contributed by atoms with Crippen LogP contribution in [0.1, 0.15) is 13.3 Å². The summed E-state index contributed by atoms with van der Waals surface area (Å²) in [5.41, 5.74) is 0.859. The van der Waals surface area contributed by atoms with Crippen molar-refractivity contribution in [1.82, 2.24) is 0 Å². The quantitative estimate of drug-likeness (QED) is 0.360. The maximum absolute atomic E-state index is 8.23. The van der Waals surface area contributed by atoms with E-state index < -0.39 is 0 Å². The van der Waals surface area contributed by atoms with Crippen molar-refractivity contribution in [1.29, 1.82) is 0 Å². The first-order valence-corrected chi connectivity index (χ1v) is 3.93. The van der Waals surface area contributed by atoms with Gasteiger partial charge in [-0.25, -0.2) is 0 Å². The summed E-state index contributed by atoms with van der Waals surface area (Å²) in [7, 11) is 0. The third-order valence-corrected chi connectivity index (χ3v) is 1.48. The Morgan fingerprint density at radius 1 is 1.75 bits per heavy atom. The molecule has 0 amide bonds. The van der Waals surface area contributed by atoms with Crippen LogP contribution in [-0.4, -0.2) is 22.9 Å². The van der Waals surface area contributed by atoms with E-state index in [1.807, 2.05) is 13.2 Å². The monoisotopic (exact) mass is 133 g/mol. The first kappa shape index (κ1) is 7.82. The molecule has 0 saturated carbocycles. The van der Waals surface area contributed by atoms with Crippen LogP contribution in [0.25, 0.3) is 0 Å². The lowest BCUT2D eigenvalue weighted by Gasteiger charge is -1.93. The van der Waals surface area contributed by atoms with Crippen molar-refractivity contribution in [2.24, 2.45) is 5.16 Å². The van der Waals surface area contributed by atoms with Crippen LogP contribution in [0.15, 0.2) is 5.16 Å². The van der Waals surface area contributed by atoms with Gasteiger partial charge in [-0.05, 0) is 12.7 Å². The van der Waals surface area contributed by atoms with Gasteiger partial charge in [0, 0.05) is 5.75 Å². The Morgan fingerprint density at radius 3 is 2.50 bits per heavy atom. The molecule has 0 spiro atoms. The molecule has 8 heavy (non-hydrogen) atoms. The standard InChI is InChI=1S/C5H11NOS/c1-3-5(6-7)4-8-2/h7H,3-4H2,1-2H3/b6-5-. The van der Waals surface area contributed by atoms with Crippen molar-refractivity contribution in [2.45, 2.75) is 13.3 Å². The molecule has 3 heteroatoms. The molecule has 0 heterocycles. The summed E-state index contributed by atoms with van der Waals surface area (Å²) >= 11 is 1.67. The molecule has 0 aliphatic carbocycles. The number of nitrogens with zero attached hydrogens (tertiary/aromatic N) is 1. The first-order chi connectivity index (χ1) is 3.85. The number of hydrogen-bond donors (Lipinski definition) is 1. The van der Waals surface area contributed by atoms with E-state index in [2.05, 4.69) is 5.16 Å². The van der Waals surface area contributed by atoms with Gasteiger partial charge in [0.1, 0.15) is 0 Å². The van der Waals surface area contributed by atoms with Crippen molar-refractivity contribution < 1.29 is 5.21 Å². The number of oxime groups is 1. The van der Waals surface area contributed by atoms with Gasteiger partial charge in [-0.15, -0.1) is 0 Å². The SMILES string of the molecule is CC/C(CSC)=N/O. The van der Waals surface area contributed by atoms with Crippen LogP contribution in [0.3, 0.4) is 0 Å². The van der Waals surface area contributed by atoms with Crippen molar-refractivity contribution >= 4 is 17.5 Å². The van der Waals surface area contributed by atoms with E-state index in [-0.39, 0.29) is 0 Å². The summed E-state index contributed by atoms with van der Waals surface area (Å²) in [6.45, 7) is 1.98. The number of thioether (sulfide) groups is 1. The molecule has 0 atom stereocenters. The Balaban J connectivity index is 3.38. The second-order valence-electron chi connectivity index (χ2n) is 1.45. The van der Waals surface area contributed by atoms with Gasteiger partial charge in [-0.3, -0.25) is 0 Å². The Kier molecular flexibility index (Phi) is 4.85. The summed E-state index contributed by atoms with van der Waals surface area (Å²) < 4.78 is 0. The fourth-order valence-corrected chi connectivity index (χ4v) is 0.963. The van der Waals surface area contributed by atoms with E-state index in [1.54, 1.807) is 11.8 Å².